The van der Waals surface area contributed by atoms with Gasteiger partial charge in [-0.1, -0.05) is 23.4 Å². The minimum absolute atomic E-state index is 0.0137. The van der Waals surface area contributed by atoms with E-state index in [1.165, 1.54) is 4.31 Å². The molecule has 0 bridgehead atoms. The van der Waals surface area contributed by atoms with E-state index >= 15 is 0 Å². The molecule has 1 spiro atoms. The number of benzene rings is 1. The van der Waals surface area contributed by atoms with Crippen molar-refractivity contribution in [3.63, 3.8) is 0 Å². The minimum atomic E-state index is -3.59. The van der Waals surface area contributed by atoms with Gasteiger partial charge in [0.1, 0.15) is 11.4 Å². The molecule has 5 rings (SSSR count). The number of hydrogen-bond acceptors (Lipinski definition) is 7. The SMILES string of the molecule is Cc1noc(/C=C\c2ccc(S(=O)(=O)N3CCC4(CC3)OCCO4)cc2)c1NC(=O)C1CC1. The molecule has 2 aromatic rings. The Bertz CT molecular complexity index is 1150. The minimum Gasteiger partial charge on any atom is -0.354 e. The third kappa shape index (κ3) is 4.61. The van der Waals surface area contributed by atoms with Gasteiger partial charge in [-0.25, -0.2) is 8.42 Å². The average molecular weight is 474 g/mol. The number of hydrogen-bond donors (Lipinski definition) is 1. The largest absolute Gasteiger partial charge is 0.354 e. The van der Waals surface area contributed by atoms with Gasteiger partial charge >= 0.3 is 0 Å². The van der Waals surface area contributed by atoms with Crippen molar-refractivity contribution in [3.8, 4) is 0 Å². The highest BCUT2D eigenvalue weighted by Crippen LogP contribution is 2.34. The van der Waals surface area contributed by atoms with Crippen LogP contribution < -0.4 is 5.32 Å². The van der Waals surface area contributed by atoms with Crippen molar-refractivity contribution in [1.82, 2.24) is 9.46 Å². The maximum atomic E-state index is 13.1. The predicted octanol–water partition coefficient (Wildman–Crippen LogP) is 3.03. The van der Waals surface area contributed by atoms with Crippen LogP contribution in [0, 0.1) is 12.8 Å². The van der Waals surface area contributed by atoms with Crippen molar-refractivity contribution in [2.75, 3.05) is 31.6 Å². The zero-order chi connectivity index (χ0) is 23.1. The molecule has 1 amide bonds. The van der Waals surface area contributed by atoms with Gasteiger partial charge in [0, 0.05) is 31.8 Å². The molecule has 0 atom stereocenters. The Morgan fingerprint density at radius 3 is 2.42 bits per heavy atom. The van der Waals surface area contributed by atoms with Gasteiger partial charge in [0.2, 0.25) is 15.9 Å². The van der Waals surface area contributed by atoms with Crippen LogP contribution in [0.5, 0.6) is 0 Å². The van der Waals surface area contributed by atoms with Gasteiger partial charge in [-0.05, 0) is 43.5 Å². The number of sulfonamides is 1. The smallest absolute Gasteiger partial charge is 0.243 e. The van der Waals surface area contributed by atoms with E-state index in [1.54, 1.807) is 43.3 Å². The predicted molar refractivity (Wildman–Crippen MR) is 121 cm³/mol. The van der Waals surface area contributed by atoms with Crippen LogP contribution >= 0.6 is 0 Å². The van der Waals surface area contributed by atoms with Crippen molar-refractivity contribution < 1.29 is 27.2 Å². The first-order chi connectivity index (χ1) is 15.9. The molecule has 3 aliphatic rings. The highest BCUT2D eigenvalue weighted by Gasteiger charge is 2.42. The third-order valence-corrected chi connectivity index (χ3v) is 8.24. The number of nitrogens with one attached hydrogen (secondary N) is 1. The van der Waals surface area contributed by atoms with E-state index in [0.717, 1.165) is 18.4 Å². The van der Waals surface area contributed by atoms with E-state index in [-0.39, 0.29) is 16.7 Å². The van der Waals surface area contributed by atoms with Crippen molar-refractivity contribution in [2.24, 2.45) is 5.92 Å². The lowest BCUT2D eigenvalue weighted by Crippen LogP contribution is -2.47. The topological polar surface area (TPSA) is 111 Å². The summed E-state index contributed by atoms with van der Waals surface area (Å²) in [7, 11) is -3.59. The maximum absolute atomic E-state index is 13.1. The van der Waals surface area contributed by atoms with Gasteiger partial charge in [-0.2, -0.15) is 4.31 Å². The Hall–Kier alpha value is -2.53. The van der Waals surface area contributed by atoms with Gasteiger partial charge in [0.15, 0.2) is 11.5 Å². The lowest BCUT2D eigenvalue weighted by molar-refractivity contribution is -0.179. The summed E-state index contributed by atoms with van der Waals surface area (Å²) in [4.78, 5) is 12.4. The Morgan fingerprint density at radius 1 is 1.12 bits per heavy atom. The van der Waals surface area contributed by atoms with Gasteiger partial charge < -0.3 is 19.3 Å². The number of ether oxygens (including phenoxy) is 2. The maximum Gasteiger partial charge on any atom is 0.243 e. The van der Waals surface area contributed by atoms with E-state index in [4.69, 9.17) is 14.0 Å². The highest BCUT2D eigenvalue weighted by molar-refractivity contribution is 7.89. The molecule has 2 aliphatic heterocycles. The summed E-state index contributed by atoms with van der Waals surface area (Å²) in [5.41, 5.74) is 1.98. The van der Waals surface area contributed by atoms with Gasteiger partial charge in [0.25, 0.3) is 0 Å². The van der Waals surface area contributed by atoms with Crippen molar-refractivity contribution in [3.05, 3.63) is 41.3 Å². The van der Waals surface area contributed by atoms with Crippen molar-refractivity contribution >= 4 is 33.8 Å². The summed E-state index contributed by atoms with van der Waals surface area (Å²) < 4.78 is 44.3. The van der Waals surface area contributed by atoms with Crippen LogP contribution in [-0.4, -0.2) is 55.9 Å². The quantitative estimate of drug-likeness (QED) is 0.686. The van der Waals surface area contributed by atoms with Gasteiger partial charge in [-0.15, -0.1) is 0 Å². The Morgan fingerprint density at radius 2 is 1.79 bits per heavy atom. The van der Waals surface area contributed by atoms with E-state index in [1.807, 2.05) is 0 Å². The number of anilines is 1. The highest BCUT2D eigenvalue weighted by atomic mass is 32.2. The zero-order valence-corrected chi connectivity index (χ0v) is 19.3. The van der Waals surface area contributed by atoms with Gasteiger partial charge in [-0.3, -0.25) is 4.79 Å². The molecule has 3 heterocycles. The first kappa shape index (κ1) is 22.3. The zero-order valence-electron chi connectivity index (χ0n) is 18.5. The number of rotatable bonds is 6. The van der Waals surface area contributed by atoms with Crippen LogP contribution in [0.25, 0.3) is 12.2 Å². The van der Waals surface area contributed by atoms with Crippen molar-refractivity contribution in [2.45, 2.75) is 43.3 Å². The first-order valence-electron chi connectivity index (χ1n) is 11.2. The molecule has 176 valence electrons. The second kappa shape index (κ2) is 8.68. The van der Waals surface area contributed by atoms with Crippen molar-refractivity contribution in [1.29, 1.82) is 0 Å². The molecular weight excluding hydrogens is 446 g/mol. The van der Waals surface area contributed by atoms with Crippen LogP contribution in [0.15, 0.2) is 33.7 Å². The Balaban J connectivity index is 1.25. The summed E-state index contributed by atoms with van der Waals surface area (Å²) in [5, 5.41) is 6.83. The van der Waals surface area contributed by atoms with Crippen LogP contribution in [0.1, 0.15) is 42.7 Å². The molecule has 9 nitrogen and oxygen atoms in total. The fourth-order valence-corrected chi connectivity index (χ4v) is 5.59. The molecule has 0 radical (unpaired) electrons. The number of aryl methyl sites for hydroxylation is 1. The summed E-state index contributed by atoms with van der Waals surface area (Å²) in [5.74, 6) is -0.0947. The Kier molecular flexibility index (Phi) is 5.86. The molecule has 1 saturated carbocycles. The van der Waals surface area contributed by atoms with E-state index in [9.17, 15) is 13.2 Å². The molecule has 1 aromatic heterocycles. The van der Waals surface area contributed by atoms with E-state index in [0.29, 0.717) is 56.3 Å². The van der Waals surface area contributed by atoms with E-state index < -0.39 is 15.8 Å². The lowest BCUT2D eigenvalue weighted by Gasteiger charge is -2.36. The summed E-state index contributed by atoms with van der Waals surface area (Å²) >= 11 is 0. The molecule has 1 aromatic carbocycles. The number of nitrogens with zero attached hydrogens (tertiary/aromatic N) is 2. The molecule has 1 aliphatic carbocycles. The normalized spacial score (nSPS) is 21.1. The van der Waals surface area contributed by atoms with Crippen LogP contribution in [0.3, 0.4) is 0 Å². The molecule has 3 fully saturated rings. The third-order valence-electron chi connectivity index (χ3n) is 6.33. The first-order valence-corrected chi connectivity index (χ1v) is 12.6. The Labute approximate surface area is 192 Å². The molecule has 0 unspecified atom stereocenters. The molecule has 2 saturated heterocycles. The van der Waals surface area contributed by atoms with E-state index in [2.05, 4.69) is 10.5 Å². The fourth-order valence-electron chi connectivity index (χ4n) is 4.15. The summed E-state index contributed by atoms with van der Waals surface area (Å²) in [6, 6.07) is 6.68. The summed E-state index contributed by atoms with van der Waals surface area (Å²) in [6.45, 7) is 3.62. The van der Waals surface area contributed by atoms with Crippen LogP contribution in [0.2, 0.25) is 0 Å². The molecule has 33 heavy (non-hydrogen) atoms. The molecule has 1 N–H and O–H groups in total. The molecular formula is C23H27N3O6S. The van der Waals surface area contributed by atoms with Crippen LogP contribution in [-0.2, 0) is 24.3 Å². The second-order valence-electron chi connectivity index (χ2n) is 8.68. The standard InChI is InChI=1S/C23H27N3O6S/c1-16-21(24-22(27)18-5-6-18)20(32-25-16)9-4-17-2-7-19(8-3-17)33(28,29)26-12-10-23(11-13-26)30-14-15-31-23/h2-4,7-9,18H,5-6,10-15H2,1H3,(H,24,27)/b9-4-. The van der Waals surface area contributed by atoms with Gasteiger partial charge in [0.05, 0.1) is 18.1 Å². The number of carbonyl (C=O) groups is 1. The number of aromatic nitrogens is 1. The number of carbonyl (C=O) groups excluding carboxylic acids is 1. The monoisotopic (exact) mass is 473 g/mol. The second-order valence-corrected chi connectivity index (χ2v) is 10.6. The molecule has 10 heteroatoms. The lowest BCUT2D eigenvalue weighted by atomic mass is 10.1. The number of amides is 1. The average Bonchev–Trinajstić information content (AvgIpc) is 3.50. The fraction of sp³-hybridized carbons (Fsp3) is 0.478. The summed E-state index contributed by atoms with van der Waals surface area (Å²) in [6.07, 6.45) is 6.40. The van der Waals surface area contributed by atoms with Crippen LogP contribution in [0.4, 0.5) is 5.69 Å². The number of piperidine rings is 1.